The summed E-state index contributed by atoms with van der Waals surface area (Å²) in [4.78, 5) is 140. The largest absolute Gasteiger partial charge is 0.394 e. The van der Waals surface area contributed by atoms with Crippen molar-refractivity contribution in [3.8, 4) is 0 Å². The van der Waals surface area contributed by atoms with Gasteiger partial charge in [-0.3, -0.25) is 47.9 Å². The fourth-order valence-corrected chi connectivity index (χ4v) is 8.86. The van der Waals surface area contributed by atoms with Gasteiger partial charge in [-0.05, 0) is 69.5 Å². The van der Waals surface area contributed by atoms with E-state index < -0.39 is 134 Å². The lowest BCUT2D eigenvalue weighted by Crippen LogP contribution is -2.59. The predicted octanol–water partition coefficient (Wildman–Crippen LogP) is -2.39. The molecular weight excluding hydrogens is 957 g/mol. The number of hydrogen-bond donors (Lipinski definition) is 13. The number of aliphatic hydroxyl groups is 2. The molecule has 2 saturated heterocycles. The van der Waals surface area contributed by atoms with Gasteiger partial charge in [-0.1, -0.05) is 55.4 Å². The summed E-state index contributed by atoms with van der Waals surface area (Å²) in [7, 11) is 1.65. The molecule has 10 amide bonds. The second-order valence-electron chi connectivity index (χ2n) is 17.4. The Balaban J connectivity index is 1.47. The Labute approximate surface area is 419 Å². The molecule has 3 heterocycles. The van der Waals surface area contributed by atoms with Gasteiger partial charge in [-0.15, -0.1) is 0 Å². The number of likely N-dealkylation sites (N-methyl/N-ethyl adjacent to an activating group) is 1. The van der Waals surface area contributed by atoms with E-state index in [1.165, 1.54) is 0 Å². The molecule has 0 bridgehead atoms. The lowest BCUT2D eigenvalue weighted by atomic mass is 10.1. The number of aromatic nitrogens is 1. The second-order valence-corrected chi connectivity index (χ2v) is 18.5. The van der Waals surface area contributed by atoms with Gasteiger partial charge in [0.25, 0.3) is 5.91 Å². The van der Waals surface area contributed by atoms with Crippen LogP contribution in [0.2, 0.25) is 0 Å². The van der Waals surface area contributed by atoms with E-state index in [2.05, 4.69) is 58.2 Å². The van der Waals surface area contributed by atoms with Crippen LogP contribution in [0.1, 0.15) is 63.5 Å². The number of nitrogens with zero attached hydrogens (tertiary/aromatic N) is 1. The van der Waals surface area contributed by atoms with E-state index in [1.54, 1.807) is 52.1 Å². The van der Waals surface area contributed by atoms with Gasteiger partial charge in [0.05, 0.1) is 49.8 Å². The molecule has 7 atom stereocenters. The number of amides is 10. The second kappa shape index (κ2) is 26.9. The van der Waals surface area contributed by atoms with Gasteiger partial charge in [0.2, 0.25) is 53.2 Å². The number of H-pyrrole nitrogens is 1. The zero-order chi connectivity index (χ0) is 52.5. The molecule has 25 heteroatoms. The molecule has 2 fully saturated rings. The summed E-state index contributed by atoms with van der Waals surface area (Å²) in [5.41, 5.74) is 2.58. The number of fused-ring (bicyclic) bond motifs is 2. The number of aryl methyl sites for hydroxylation is 1. The maximum atomic E-state index is 14.7. The number of thioether (sulfide) groups is 1. The number of carbonyl (C=O) groups excluding carboxylic acids is 10. The number of hydrogen-bond acceptors (Lipinski definition) is 14. The highest BCUT2D eigenvalue weighted by Gasteiger charge is 2.41. The third-order valence-electron chi connectivity index (χ3n) is 11.9. The average Bonchev–Trinajstić information content (AvgIpc) is 3.99. The van der Waals surface area contributed by atoms with Crippen LogP contribution in [0, 0.1) is 6.92 Å². The molecule has 3 aromatic rings. The minimum absolute atomic E-state index is 0.0212. The van der Waals surface area contributed by atoms with Gasteiger partial charge in [0.15, 0.2) is 5.37 Å². The average molecular weight is 1020 g/mol. The van der Waals surface area contributed by atoms with Crippen LogP contribution in [0.5, 0.6) is 0 Å². The summed E-state index contributed by atoms with van der Waals surface area (Å²) in [5.74, 6) is -7.72. The first-order valence-electron chi connectivity index (χ1n) is 23.6. The van der Waals surface area contributed by atoms with Crippen LogP contribution in [0.15, 0.2) is 53.6 Å². The van der Waals surface area contributed by atoms with Crippen LogP contribution in [0.25, 0.3) is 10.9 Å². The molecule has 72 heavy (non-hydrogen) atoms. The third-order valence-corrected chi connectivity index (χ3v) is 13.2. The first kappa shape index (κ1) is 55.8. The highest BCUT2D eigenvalue weighted by molar-refractivity contribution is 8.00. The zero-order valence-electron chi connectivity index (χ0n) is 40.5. The third kappa shape index (κ3) is 16.0. The Morgan fingerprint density at radius 3 is 2.14 bits per heavy atom. The predicted molar refractivity (Wildman–Crippen MR) is 263 cm³/mol. The number of aromatic amines is 1. The van der Waals surface area contributed by atoms with E-state index in [0.717, 1.165) is 33.1 Å². The van der Waals surface area contributed by atoms with Crippen molar-refractivity contribution in [1.82, 2.24) is 57.7 Å². The summed E-state index contributed by atoms with van der Waals surface area (Å²) in [6.07, 6.45) is -1.73. The monoisotopic (exact) mass is 1020 g/mol. The molecule has 24 nitrogen and oxygen atoms in total. The zero-order valence-corrected chi connectivity index (χ0v) is 41.3. The number of benzene rings is 2. The first-order chi connectivity index (χ1) is 34.4. The van der Waals surface area contributed by atoms with Crippen molar-refractivity contribution in [3.63, 3.8) is 0 Å². The maximum absolute atomic E-state index is 14.7. The van der Waals surface area contributed by atoms with Crippen LogP contribution < -0.4 is 53.2 Å². The van der Waals surface area contributed by atoms with E-state index in [-0.39, 0.29) is 38.3 Å². The van der Waals surface area contributed by atoms with Crippen LogP contribution in [0.4, 0.5) is 5.69 Å². The molecule has 2 unspecified atom stereocenters. The summed E-state index contributed by atoms with van der Waals surface area (Å²) in [6, 6.07) is 7.91. The van der Waals surface area contributed by atoms with E-state index in [9.17, 15) is 58.2 Å². The van der Waals surface area contributed by atoms with Gasteiger partial charge in [0, 0.05) is 36.1 Å². The number of para-hydroxylation sites is 1. The normalized spacial score (nSPS) is 22.1. The van der Waals surface area contributed by atoms with E-state index in [1.807, 2.05) is 24.3 Å². The smallest absolute Gasteiger partial charge is 0.254 e. The van der Waals surface area contributed by atoms with Crippen molar-refractivity contribution in [1.29, 1.82) is 0 Å². The number of rotatable bonds is 14. The minimum Gasteiger partial charge on any atom is -0.394 e. The number of nitrogens with one attached hydrogen (secondary N) is 11. The van der Waals surface area contributed by atoms with Crippen molar-refractivity contribution >= 4 is 87.4 Å². The van der Waals surface area contributed by atoms with E-state index in [0.29, 0.717) is 22.7 Å². The van der Waals surface area contributed by atoms with Gasteiger partial charge < -0.3 is 73.3 Å². The molecule has 0 saturated carbocycles. The summed E-state index contributed by atoms with van der Waals surface area (Å²) in [6.45, 7) is 2.47. The Bertz CT molecular complexity index is 2470. The number of carbonyl (C=O) groups is 10. The topological polar surface area (TPSA) is 350 Å². The highest BCUT2D eigenvalue weighted by Crippen LogP contribution is 2.31. The maximum Gasteiger partial charge on any atom is 0.254 e. The molecule has 0 aliphatic carbocycles. The number of anilines is 1. The fraction of sp³-hybridized carbons (Fsp3) is 0.489. The number of aliphatic hydroxyl groups excluding tert-OH is 2. The molecule has 1 aromatic heterocycles. The molecule has 2 aromatic carbocycles. The summed E-state index contributed by atoms with van der Waals surface area (Å²) in [5, 5.41) is 45.4. The van der Waals surface area contributed by atoms with Crippen LogP contribution in [0.3, 0.4) is 0 Å². The summed E-state index contributed by atoms with van der Waals surface area (Å²) < 4.78 is 0. The standard InChI is InChI=1S/C47H64N12O12S/c1-5-9-32-41(67)52-23-39(65)58-46(72-45-25(2)30-10-6-7-11-31(30)57-45)44(70)56-34(19-36(62)49-20-27-13-15-28(16-14-27)53-40(66)26(3)48-4)47(71)59-17-8-12-35(59)43(69)55-33(18-29(61)24-60)42(68)51-21-37(63)50-22-38(64)54-32/h6-7,10-11,13-16,26,29,32-35,46,48,57,60-61H,5,8-9,12,17-24H2,1-4H3,(H,49,62)(H,50,63)(H,51,68)(H,52,67)(H,53,66)(H,54,64)(H,55,69)(H,56,70)(H,58,65)/t26-,29+,32?,33-,34-,35-,46?/m0/s1. The van der Waals surface area contributed by atoms with Crippen molar-refractivity contribution in [2.24, 2.45) is 0 Å². The van der Waals surface area contributed by atoms with Crippen LogP contribution >= 0.6 is 11.8 Å². The molecule has 5 rings (SSSR count). The van der Waals surface area contributed by atoms with Crippen LogP contribution in [-0.2, 0) is 54.5 Å². The van der Waals surface area contributed by atoms with Gasteiger partial charge in [-0.25, -0.2) is 0 Å². The lowest BCUT2D eigenvalue weighted by molar-refractivity contribution is -0.143. The van der Waals surface area contributed by atoms with Crippen molar-refractivity contribution in [3.05, 3.63) is 59.7 Å². The van der Waals surface area contributed by atoms with Crippen LogP contribution in [-0.4, -0.2) is 161 Å². The van der Waals surface area contributed by atoms with Crippen molar-refractivity contribution in [2.45, 2.75) is 113 Å². The van der Waals surface area contributed by atoms with Gasteiger partial charge in [-0.2, -0.15) is 0 Å². The van der Waals surface area contributed by atoms with E-state index in [4.69, 9.17) is 0 Å². The molecular formula is C47H64N12O12S. The molecule has 0 spiro atoms. The Kier molecular flexibility index (Phi) is 20.9. The Morgan fingerprint density at radius 1 is 0.806 bits per heavy atom. The van der Waals surface area contributed by atoms with Crippen molar-refractivity contribution in [2.75, 3.05) is 45.2 Å². The molecule has 13 N–H and O–H groups in total. The first-order valence-corrected chi connectivity index (χ1v) is 24.5. The fourth-order valence-electron chi connectivity index (χ4n) is 7.81. The van der Waals surface area contributed by atoms with E-state index >= 15 is 0 Å². The van der Waals surface area contributed by atoms with Gasteiger partial charge >= 0.3 is 0 Å². The molecule has 2 aliphatic rings. The van der Waals surface area contributed by atoms with Crippen molar-refractivity contribution < 1.29 is 58.2 Å². The Morgan fingerprint density at radius 2 is 1.46 bits per heavy atom. The van der Waals surface area contributed by atoms with Gasteiger partial charge in [0.1, 0.15) is 24.2 Å². The quantitative estimate of drug-likeness (QED) is 0.0803. The lowest BCUT2D eigenvalue weighted by Gasteiger charge is -2.30. The molecule has 2 aliphatic heterocycles. The molecule has 390 valence electrons. The highest BCUT2D eigenvalue weighted by atomic mass is 32.2. The Hall–Kier alpha value is -7.09. The molecule has 0 radical (unpaired) electrons. The summed E-state index contributed by atoms with van der Waals surface area (Å²) >= 11 is 0.890. The minimum atomic E-state index is -1.65. The SMILES string of the molecule is CCCC1NC(=O)CNC(=O)CNC(=O)[C@H](C[C@@H](O)CO)NC(=O)[C@@H]2CCCN2C(=O)[C@H](CC(=O)NCc2ccc(NC(=O)[C@H](C)NC)cc2)NC(=O)C(Sc2[nH]c3ccccc3c2C)NC(=O)CNC1=O.